The zero-order valence-electron chi connectivity index (χ0n) is 35.2. The van der Waals surface area contributed by atoms with Crippen LogP contribution in [-0.2, 0) is 5.41 Å². The van der Waals surface area contributed by atoms with E-state index in [4.69, 9.17) is 0 Å². The van der Waals surface area contributed by atoms with Gasteiger partial charge in [-0.1, -0.05) is 158 Å². The highest BCUT2D eigenvalue weighted by atomic mass is 19.1. The third-order valence-electron chi connectivity index (χ3n) is 13.2. The molecule has 0 unspecified atom stereocenters. The SMILES string of the molecule is Fc1ccc(C2(c3ccc(F)cc3)c3ccccc3-c3ccc(N(c4ccccc4)c4ccccc4-c4cccc(-c5ccc6c7ccccc7n(-c7ccccc7)c6c5)c4)cc32)cc1. The van der Waals surface area contributed by atoms with E-state index < -0.39 is 5.41 Å². The Morgan fingerprint density at radius 2 is 0.938 bits per heavy atom. The van der Waals surface area contributed by atoms with Crippen LogP contribution in [0.15, 0.2) is 243 Å². The molecule has 0 amide bonds. The molecule has 0 saturated carbocycles. The molecule has 0 N–H and O–H groups in total. The van der Waals surface area contributed by atoms with Crippen molar-refractivity contribution in [3.63, 3.8) is 0 Å². The third-order valence-corrected chi connectivity index (χ3v) is 13.2. The van der Waals surface area contributed by atoms with Crippen LogP contribution >= 0.6 is 0 Å². The summed E-state index contributed by atoms with van der Waals surface area (Å²) >= 11 is 0. The average molecular weight is 839 g/mol. The van der Waals surface area contributed by atoms with Crippen LogP contribution in [0.25, 0.3) is 60.9 Å². The minimum Gasteiger partial charge on any atom is -0.310 e. The first-order chi connectivity index (χ1) is 32.1. The van der Waals surface area contributed by atoms with Crippen molar-refractivity contribution in [1.82, 2.24) is 4.57 Å². The number of hydrogen-bond donors (Lipinski definition) is 0. The number of halogens is 2. The van der Waals surface area contributed by atoms with E-state index in [1.807, 2.05) is 30.3 Å². The van der Waals surface area contributed by atoms with E-state index in [1.54, 1.807) is 0 Å². The van der Waals surface area contributed by atoms with Crippen molar-refractivity contribution in [3.8, 4) is 39.1 Å². The molecule has 65 heavy (non-hydrogen) atoms. The van der Waals surface area contributed by atoms with Gasteiger partial charge in [0, 0.05) is 33.4 Å². The van der Waals surface area contributed by atoms with Crippen LogP contribution in [0, 0.1) is 11.6 Å². The zero-order chi connectivity index (χ0) is 43.5. The summed E-state index contributed by atoms with van der Waals surface area (Å²) in [5.74, 6) is -0.620. The molecule has 0 fully saturated rings. The van der Waals surface area contributed by atoms with Gasteiger partial charge in [-0.2, -0.15) is 0 Å². The minimum absolute atomic E-state index is 0.310. The topological polar surface area (TPSA) is 8.17 Å². The molecule has 0 aliphatic heterocycles. The number of para-hydroxylation sites is 4. The highest BCUT2D eigenvalue weighted by Gasteiger charge is 2.46. The fraction of sp³-hybridized carbons (Fsp3) is 0.0164. The molecule has 1 heterocycles. The Morgan fingerprint density at radius 3 is 1.69 bits per heavy atom. The molecule has 1 aliphatic carbocycles. The summed E-state index contributed by atoms with van der Waals surface area (Å²) in [6, 6.07) is 82.6. The molecule has 0 atom stereocenters. The first-order valence-corrected chi connectivity index (χ1v) is 22.0. The third kappa shape index (κ3) is 6.21. The summed E-state index contributed by atoms with van der Waals surface area (Å²) in [5, 5.41) is 2.44. The van der Waals surface area contributed by atoms with Crippen molar-refractivity contribution in [2.75, 3.05) is 4.90 Å². The molecule has 10 aromatic carbocycles. The van der Waals surface area contributed by atoms with Crippen LogP contribution in [0.3, 0.4) is 0 Å². The van der Waals surface area contributed by atoms with E-state index in [9.17, 15) is 8.78 Å². The lowest BCUT2D eigenvalue weighted by atomic mass is 9.67. The first kappa shape index (κ1) is 38.3. The molecule has 0 radical (unpaired) electrons. The Hall–Kier alpha value is -8.34. The van der Waals surface area contributed by atoms with Crippen molar-refractivity contribution in [2.45, 2.75) is 5.41 Å². The Labute approximate surface area is 376 Å². The Morgan fingerprint density at radius 1 is 0.354 bits per heavy atom. The number of hydrogen-bond acceptors (Lipinski definition) is 1. The summed E-state index contributed by atoms with van der Waals surface area (Å²) in [6.45, 7) is 0. The maximum Gasteiger partial charge on any atom is 0.123 e. The van der Waals surface area contributed by atoms with Gasteiger partial charge in [-0.05, 0) is 135 Å². The van der Waals surface area contributed by atoms with E-state index in [0.717, 1.165) is 83.9 Å². The minimum atomic E-state index is -0.854. The van der Waals surface area contributed by atoms with Crippen molar-refractivity contribution in [1.29, 1.82) is 0 Å². The molecule has 12 rings (SSSR count). The van der Waals surface area contributed by atoms with Gasteiger partial charge in [0.05, 0.1) is 22.1 Å². The van der Waals surface area contributed by atoms with Gasteiger partial charge in [0.25, 0.3) is 0 Å². The monoisotopic (exact) mass is 838 g/mol. The van der Waals surface area contributed by atoms with Crippen LogP contribution < -0.4 is 4.90 Å². The standard InChI is InChI=1S/C61H40F2N2/c62-46-31-27-44(28-32-46)61(45-29-33-47(63)34-30-45)56-23-10-7-21-52(56)53-37-35-50(40-57(53)61)64(48-16-3-1-4-17-48)58-24-11-8-20-51(58)43-15-13-14-41(38-43)42-26-36-55-54-22-9-12-25-59(54)65(60(55)39-42)49-18-5-2-6-19-49/h1-40H. The summed E-state index contributed by atoms with van der Waals surface area (Å²) in [5.41, 5.74) is 16.1. The van der Waals surface area contributed by atoms with Gasteiger partial charge in [-0.25, -0.2) is 8.78 Å². The Kier molecular flexibility index (Phi) is 9.13. The second kappa shape index (κ2) is 15.5. The quantitative estimate of drug-likeness (QED) is 0.148. The summed E-state index contributed by atoms with van der Waals surface area (Å²) in [4.78, 5) is 2.33. The van der Waals surface area contributed by atoms with Crippen LogP contribution in [0.4, 0.5) is 25.8 Å². The van der Waals surface area contributed by atoms with Gasteiger partial charge >= 0.3 is 0 Å². The van der Waals surface area contributed by atoms with Gasteiger partial charge < -0.3 is 9.47 Å². The lowest BCUT2D eigenvalue weighted by Gasteiger charge is -2.35. The van der Waals surface area contributed by atoms with Gasteiger partial charge in [-0.3, -0.25) is 0 Å². The van der Waals surface area contributed by atoms with Gasteiger partial charge in [0.2, 0.25) is 0 Å². The van der Waals surface area contributed by atoms with Crippen LogP contribution in [-0.4, -0.2) is 4.57 Å². The molecule has 0 saturated heterocycles. The molecule has 4 heteroatoms. The van der Waals surface area contributed by atoms with E-state index in [1.165, 1.54) is 40.6 Å². The maximum absolute atomic E-state index is 14.7. The van der Waals surface area contributed by atoms with E-state index in [0.29, 0.717) is 0 Å². The molecule has 0 spiro atoms. The summed E-state index contributed by atoms with van der Waals surface area (Å²) in [6.07, 6.45) is 0. The number of aromatic nitrogens is 1. The second-order valence-electron chi connectivity index (χ2n) is 16.7. The predicted octanol–water partition coefficient (Wildman–Crippen LogP) is 16.2. The second-order valence-corrected chi connectivity index (χ2v) is 16.7. The molecule has 11 aromatic rings. The number of rotatable bonds is 8. The smallest absolute Gasteiger partial charge is 0.123 e. The first-order valence-electron chi connectivity index (χ1n) is 22.0. The lowest BCUT2D eigenvalue weighted by molar-refractivity contribution is 0.622. The highest BCUT2D eigenvalue weighted by Crippen LogP contribution is 2.57. The van der Waals surface area contributed by atoms with Crippen molar-refractivity contribution in [3.05, 3.63) is 277 Å². The molecule has 308 valence electrons. The predicted molar refractivity (Wildman–Crippen MR) is 264 cm³/mol. The van der Waals surface area contributed by atoms with Crippen LogP contribution in [0.5, 0.6) is 0 Å². The number of nitrogens with zero attached hydrogens (tertiary/aromatic N) is 2. The van der Waals surface area contributed by atoms with Gasteiger partial charge in [0.1, 0.15) is 11.6 Å². The van der Waals surface area contributed by atoms with Gasteiger partial charge in [0.15, 0.2) is 0 Å². The summed E-state index contributed by atoms with van der Waals surface area (Å²) in [7, 11) is 0. The Bertz CT molecular complexity index is 3510. The van der Waals surface area contributed by atoms with Crippen LogP contribution in [0.2, 0.25) is 0 Å². The average Bonchev–Trinajstić information content (AvgIpc) is 3.85. The van der Waals surface area contributed by atoms with Crippen LogP contribution in [0.1, 0.15) is 22.3 Å². The number of anilines is 3. The van der Waals surface area contributed by atoms with E-state index in [2.05, 4.69) is 198 Å². The number of benzene rings is 10. The molecular formula is C61H40F2N2. The molecule has 1 aromatic heterocycles. The molecular weight excluding hydrogens is 799 g/mol. The van der Waals surface area contributed by atoms with Gasteiger partial charge in [-0.15, -0.1) is 0 Å². The maximum atomic E-state index is 14.7. The van der Waals surface area contributed by atoms with Crippen molar-refractivity contribution in [2.24, 2.45) is 0 Å². The highest BCUT2D eigenvalue weighted by molar-refractivity contribution is 6.10. The molecule has 2 nitrogen and oxygen atoms in total. The van der Waals surface area contributed by atoms with Crippen molar-refractivity contribution >= 4 is 38.9 Å². The molecule has 0 bridgehead atoms. The zero-order valence-corrected chi connectivity index (χ0v) is 35.2. The van der Waals surface area contributed by atoms with E-state index in [-0.39, 0.29) is 11.6 Å². The summed E-state index contributed by atoms with van der Waals surface area (Å²) < 4.78 is 31.8. The van der Waals surface area contributed by atoms with Crippen molar-refractivity contribution < 1.29 is 8.78 Å². The number of fused-ring (bicyclic) bond motifs is 6. The fourth-order valence-corrected chi connectivity index (χ4v) is 10.4. The fourth-order valence-electron chi connectivity index (χ4n) is 10.4. The molecule has 1 aliphatic rings. The van der Waals surface area contributed by atoms with E-state index >= 15 is 0 Å². The normalized spacial score (nSPS) is 12.6. The lowest BCUT2D eigenvalue weighted by Crippen LogP contribution is -2.29. The largest absolute Gasteiger partial charge is 0.310 e. The Balaban J connectivity index is 1.03.